The third-order valence-electron chi connectivity index (χ3n) is 0. The summed E-state index contributed by atoms with van der Waals surface area (Å²) < 4.78 is 0. The molecule has 0 saturated heterocycles. The normalized spacial score (nSPS) is 0. The van der Waals surface area contributed by atoms with E-state index in [2.05, 4.69) is 0 Å². The monoisotopic (exact) mass is 219 g/mol. The van der Waals surface area contributed by atoms with Crippen molar-refractivity contribution in [3.05, 3.63) is 0 Å². The van der Waals surface area contributed by atoms with E-state index in [1.165, 1.54) is 0 Å². The molecule has 0 bridgehead atoms. The van der Waals surface area contributed by atoms with Crippen LogP contribution in [0.3, 0.4) is 0 Å². The van der Waals surface area contributed by atoms with E-state index in [0.717, 1.165) is 0 Å². The van der Waals surface area contributed by atoms with Crippen LogP contribution in [0.2, 0.25) is 0 Å². The molecule has 0 aromatic carbocycles. The van der Waals surface area contributed by atoms with Gasteiger partial charge in [-0.15, -0.1) is 0 Å². The van der Waals surface area contributed by atoms with Crippen LogP contribution >= 0.6 is 0 Å². The summed E-state index contributed by atoms with van der Waals surface area (Å²) in [4.78, 5) is 0. The maximum absolute atomic E-state index is 0. The standard InChI is InChI=1S/Al.Ca.Sr.Zn/q+3;3*+2. The van der Waals surface area contributed by atoms with E-state index in [1.54, 1.807) is 0 Å². The van der Waals surface area contributed by atoms with Gasteiger partial charge in [0.2, 0.25) is 0 Å². The quantitative estimate of drug-likeness (QED) is 0.452. The first-order valence-corrected chi connectivity index (χ1v) is 0. The minimum atomic E-state index is 0. The van der Waals surface area contributed by atoms with Crippen molar-refractivity contribution in [3.8, 4) is 0 Å². The third-order valence-corrected chi connectivity index (χ3v) is 0. The second kappa shape index (κ2) is 15.8. The average Bonchev–Trinajstić information content (AvgIpc) is 0. The Hall–Kier alpha value is 3.90. The first-order chi connectivity index (χ1) is 0. The minimum absolute atomic E-state index is 0. The predicted molar refractivity (Wildman–Crippen MR) is 17.3 cm³/mol. The molecule has 4 heavy (non-hydrogen) atoms. The Balaban J connectivity index is 0. The molecule has 0 spiro atoms. The van der Waals surface area contributed by atoms with Gasteiger partial charge in [-0.25, -0.2) is 0 Å². The summed E-state index contributed by atoms with van der Waals surface area (Å²) in [6.45, 7) is 0. The molecule has 0 N–H and O–H groups in total. The molecule has 0 atom stereocenters. The Labute approximate surface area is 117 Å². The molecule has 0 amide bonds. The van der Waals surface area contributed by atoms with E-state index in [0.29, 0.717) is 0 Å². The number of hydrogen-bond acceptors (Lipinski definition) is 0. The summed E-state index contributed by atoms with van der Waals surface area (Å²) in [5.41, 5.74) is 0. The van der Waals surface area contributed by atoms with Crippen LogP contribution in [0.5, 0.6) is 0 Å². The SMILES string of the molecule is [Al+3].[Ca+2].[Sr+2].[Zn+2]. The fourth-order valence-corrected chi connectivity index (χ4v) is 0. The fraction of sp³-hybridized carbons (Fsp3) is 0. The molecule has 0 aliphatic carbocycles. The second-order valence-corrected chi connectivity index (χ2v) is 0. The maximum Gasteiger partial charge on any atom is 3.00 e. The Morgan fingerprint density at radius 1 is 1.00 bits per heavy atom. The van der Waals surface area contributed by atoms with Gasteiger partial charge in [-0.05, 0) is 0 Å². The molecule has 0 rings (SSSR count). The van der Waals surface area contributed by atoms with Gasteiger partial charge in [0.25, 0.3) is 0 Å². The summed E-state index contributed by atoms with van der Waals surface area (Å²) in [5, 5.41) is 0. The van der Waals surface area contributed by atoms with Crippen LogP contribution in [-0.2, 0) is 19.5 Å². The van der Waals surface area contributed by atoms with Gasteiger partial charge < -0.3 is 0 Å². The molecule has 0 heterocycles. The first kappa shape index (κ1) is 24.7. The molecular weight excluding hydrogens is 220 g/mol. The van der Waals surface area contributed by atoms with E-state index in [1.807, 2.05) is 0 Å². The molecule has 0 nitrogen and oxygen atoms in total. The molecule has 0 unspecified atom stereocenters. The van der Waals surface area contributed by atoms with Crippen LogP contribution in [0.25, 0.3) is 0 Å². The van der Waals surface area contributed by atoms with Crippen LogP contribution in [0.1, 0.15) is 0 Å². The molecule has 0 saturated carbocycles. The van der Waals surface area contributed by atoms with E-state index < -0.39 is 0 Å². The molecule has 0 aliphatic heterocycles. The van der Waals surface area contributed by atoms with Crippen molar-refractivity contribution >= 4 is 101 Å². The molecule has 0 fully saturated rings. The minimum Gasteiger partial charge on any atom is 2.00 e. The molecule has 0 valence electrons. The van der Waals surface area contributed by atoms with Crippen molar-refractivity contribution in [1.29, 1.82) is 0 Å². The molecule has 0 aliphatic rings. The molecule has 0 aromatic rings. The summed E-state index contributed by atoms with van der Waals surface area (Å²) in [7, 11) is 0. The maximum atomic E-state index is 0. The van der Waals surface area contributed by atoms with E-state index in [-0.39, 0.29) is 120 Å². The van der Waals surface area contributed by atoms with Crippen LogP contribution in [0.15, 0.2) is 0 Å². The van der Waals surface area contributed by atoms with Crippen molar-refractivity contribution in [3.63, 3.8) is 0 Å². The van der Waals surface area contributed by atoms with E-state index in [9.17, 15) is 0 Å². The van der Waals surface area contributed by atoms with Gasteiger partial charge in [0.15, 0.2) is 0 Å². The van der Waals surface area contributed by atoms with Gasteiger partial charge in [-0.3, -0.25) is 0 Å². The molecule has 0 aromatic heterocycles. The summed E-state index contributed by atoms with van der Waals surface area (Å²) in [5.74, 6) is 0. The van der Waals surface area contributed by atoms with Gasteiger partial charge in [0.1, 0.15) is 0 Å². The van der Waals surface area contributed by atoms with Crippen molar-refractivity contribution in [2.75, 3.05) is 0 Å². The van der Waals surface area contributed by atoms with Crippen LogP contribution < -0.4 is 0 Å². The largest absolute Gasteiger partial charge is 3.00 e. The van der Waals surface area contributed by atoms with Crippen LogP contribution in [0, 0.1) is 0 Å². The Morgan fingerprint density at radius 2 is 1.00 bits per heavy atom. The predicted octanol–water partition coefficient (Wildman–Crippen LogP) is -1.14. The Kier molecular flexibility index (Phi) is 97.7. The molecule has 0 radical (unpaired) electrons. The zero-order chi connectivity index (χ0) is 0. The average molecular weight is 220 g/mol. The molecule has 4 heteroatoms. The van der Waals surface area contributed by atoms with Crippen LogP contribution in [0.4, 0.5) is 0 Å². The summed E-state index contributed by atoms with van der Waals surface area (Å²) in [6.07, 6.45) is 0. The van der Waals surface area contributed by atoms with E-state index >= 15 is 0 Å². The van der Waals surface area contributed by atoms with Gasteiger partial charge in [-0.1, -0.05) is 0 Å². The molecular formula is AlCaSrZn+9. The summed E-state index contributed by atoms with van der Waals surface area (Å²) >= 11 is 0. The first-order valence-electron chi connectivity index (χ1n) is 0. The summed E-state index contributed by atoms with van der Waals surface area (Å²) in [6, 6.07) is 0. The smallest absolute Gasteiger partial charge is 2.00 e. The van der Waals surface area contributed by atoms with Gasteiger partial charge in [0, 0.05) is 0 Å². The zero-order valence-corrected chi connectivity index (χ0v) is 12.5. The number of rotatable bonds is 0. The zero-order valence-electron chi connectivity index (χ0n) is 2.70. The van der Waals surface area contributed by atoms with Crippen LogP contribution in [-0.4, -0.2) is 101 Å². The number of hydrogen-bond donors (Lipinski definition) is 0. The van der Waals surface area contributed by atoms with Crippen molar-refractivity contribution in [2.45, 2.75) is 0 Å². The van der Waals surface area contributed by atoms with Gasteiger partial charge in [0.05, 0.1) is 0 Å². The topological polar surface area (TPSA) is 0 Å². The van der Waals surface area contributed by atoms with Gasteiger partial charge in [-0.2, -0.15) is 0 Å². The van der Waals surface area contributed by atoms with Crippen molar-refractivity contribution < 1.29 is 19.5 Å². The fourth-order valence-electron chi connectivity index (χ4n) is 0. The third kappa shape index (κ3) is 9.31. The second-order valence-electron chi connectivity index (χ2n) is 0. The Bertz CT molecular complexity index is 8.00. The van der Waals surface area contributed by atoms with Gasteiger partial charge >= 0.3 is 120 Å². The Morgan fingerprint density at radius 3 is 1.00 bits per heavy atom. The van der Waals surface area contributed by atoms with E-state index in [4.69, 9.17) is 0 Å². The van der Waals surface area contributed by atoms with Crippen molar-refractivity contribution in [1.82, 2.24) is 0 Å². The van der Waals surface area contributed by atoms with Crippen molar-refractivity contribution in [2.24, 2.45) is 0 Å².